The Hall–Kier alpha value is -1.37. The maximum atomic E-state index is 11.9. The van der Waals surface area contributed by atoms with Crippen molar-refractivity contribution in [2.75, 3.05) is 32.6 Å². The molecule has 19 heavy (non-hydrogen) atoms. The predicted octanol–water partition coefficient (Wildman–Crippen LogP) is 1.09. The molecule has 0 atom stereocenters. The molecule has 0 radical (unpaired) electrons. The Morgan fingerprint density at radius 3 is 2.79 bits per heavy atom. The highest BCUT2D eigenvalue weighted by molar-refractivity contribution is 6.29. The summed E-state index contributed by atoms with van der Waals surface area (Å²) < 4.78 is 0. The molecule has 0 aromatic carbocycles. The normalized spacial score (nSPS) is 10.6. The van der Waals surface area contributed by atoms with E-state index in [0.29, 0.717) is 17.9 Å². The van der Waals surface area contributed by atoms with Gasteiger partial charge >= 0.3 is 0 Å². The third-order valence-electron chi connectivity index (χ3n) is 2.52. The number of carbonyl (C=O) groups excluding carboxylic acids is 1. The van der Waals surface area contributed by atoms with Gasteiger partial charge in [0.2, 0.25) is 0 Å². The minimum absolute atomic E-state index is 0.175. The summed E-state index contributed by atoms with van der Waals surface area (Å²) in [7, 11) is 4.05. The minimum Gasteiger partial charge on any atom is -0.352 e. The standard InChI is InChI=1S/C12H20ClN5O/c1-18(2)6-4-3-5-15-12(19)9-7-10(13)16-11(8-9)17-14/h7-8H,3-6,14H2,1-2H3,(H,15,19)(H,16,17). The van der Waals surface area contributed by atoms with Crippen LogP contribution in [0.4, 0.5) is 5.82 Å². The summed E-state index contributed by atoms with van der Waals surface area (Å²) in [6.07, 6.45) is 1.98. The van der Waals surface area contributed by atoms with Gasteiger partial charge in [-0.1, -0.05) is 11.6 Å². The number of hydrogen-bond donors (Lipinski definition) is 3. The Labute approximate surface area is 118 Å². The molecule has 1 aromatic rings. The zero-order valence-electron chi connectivity index (χ0n) is 11.2. The van der Waals surface area contributed by atoms with Gasteiger partial charge in [0, 0.05) is 12.1 Å². The monoisotopic (exact) mass is 285 g/mol. The van der Waals surface area contributed by atoms with Crippen molar-refractivity contribution in [3.8, 4) is 0 Å². The second kappa shape index (κ2) is 7.93. The molecule has 4 N–H and O–H groups in total. The van der Waals surface area contributed by atoms with Gasteiger partial charge in [-0.05, 0) is 45.6 Å². The van der Waals surface area contributed by atoms with Gasteiger partial charge in [-0.3, -0.25) is 4.79 Å². The molecular weight excluding hydrogens is 266 g/mol. The number of hydrazine groups is 1. The first-order valence-corrected chi connectivity index (χ1v) is 6.48. The molecule has 0 unspecified atom stereocenters. The van der Waals surface area contributed by atoms with E-state index in [2.05, 4.69) is 20.6 Å². The number of nitrogens with zero attached hydrogens (tertiary/aromatic N) is 2. The molecule has 0 spiro atoms. The van der Waals surface area contributed by atoms with Gasteiger partial charge in [-0.25, -0.2) is 10.8 Å². The number of halogens is 1. The molecule has 0 fully saturated rings. The van der Waals surface area contributed by atoms with Crippen molar-refractivity contribution < 1.29 is 4.79 Å². The number of nitrogen functional groups attached to an aromatic ring is 1. The number of rotatable bonds is 7. The number of nitrogens with two attached hydrogens (primary N) is 1. The molecule has 106 valence electrons. The smallest absolute Gasteiger partial charge is 0.251 e. The number of aromatic nitrogens is 1. The second-order valence-electron chi connectivity index (χ2n) is 4.47. The van der Waals surface area contributed by atoms with Crippen LogP contribution in [-0.4, -0.2) is 43.0 Å². The zero-order chi connectivity index (χ0) is 14.3. The van der Waals surface area contributed by atoms with Crippen LogP contribution in [0.5, 0.6) is 0 Å². The lowest BCUT2D eigenvalue weighted by atomic mass is 10.2. The van der Waals surface area contributed by atoms with Crippen LogP contribution in [0.25, 0.3) is 0 Å². The minimum atomic E-state index is -0.175. The predicted molar refractivity (Wildman–Crippen MR) is 77.2 cm³/mol. The van der Waals surface area contributed by atoms with Crippen molar-refractivity contribution >= 4 is 23.3 Å². The Kier molecular flexibility index (Phi) is 6.55. The van der Waals surface area contributed by atoms with Crippen molar-refractivity contribution in [1.29, 1.82) is 0 Å². The Morgan fingerprint density at radius 2 is 2.16 bits per heavy atom. The van der Waals surface area contributed by atoms with E-state index in [4.69, 9.17) is 17.4 Å². The van der Waals surface area contributed by atoms with Crippen LogP contribution < -0.4 is 16.6 Å². The Balaban J connectivity index is 2.43. The zero-order valence-corrected chi connectivity index (χ0v) is 12.0. The molecule has 0 saturated heterocycles. The van der Waals surface area contributed by atoms with Gasteiger partial charge in [0.25, 0.3) is 5.91 Å². The summed E-state index contributed by atoms with van der Waals surface area (Å²) in [4.78, 5) is 17.9. The molecule has 1 rings (SSSR count). The lowest BCUT2D eigenvalue weighted by molar-refractivity contribution is 0.0952. The van der Waals surface area contributed by atoms with E-state index in [1.165, 1.54) is 6.07 Å². The van der Waals surface area contributed by atoms with Crippen LogP contribution in [-0.2, 0) is 0 Å². The lowest BCUT2D eigenvalue weighted by Gasteiger charge is -2.10. The number of nitrogens with one attached hydrogen (secondary N) is 2. The summed E-state index contributed by atoms with van der Waals surface area (Å²) in [5.41, 5.74) is 2.82. The summed E-state index contributed by atoms with van der Waals surface area (Å²) in [6.45, 7) is 1.65. The van der Waals surface area contributed by atoms with Crippen LogP contribution in [0.3, 0.4) is 0 Å². The van der Waals surface area contributed by atoms with E-state index in [1.54, 1.807) is 6.07 Å². The third-order valence-corrected chi connectivity index (χ3v) is 2.72. The SMILES string of the molecule is CN(C)CCCCNC(=O)c1cc(Cl)nc(NN)c1. The number of unbranched alkanes of at least 4 members (excludes halogenated alkanes) is 1. The summed E-state index contributed by atoms with van der Waals surface area (Å²) in [5.74, 6) is 5.44. The fourth-order valence-electron chi connectivity index (χ4n) is 1.56. The molecule has 0 aliphatic heterocycles. The quantitative estimate of drug-likeness (QED) is 0.302. The molecule has 0 saturated carbocycles. The van der Waals surface area contributed by atoms with Crippen LogP contribution in [0.15, 0.2) is 12.1 Å². The molecular formula is C12H20ClN5O. The first kappa shape index (κ1) is 15.7. The highest BCUT2D eigenvalue weighted by atomic mass is 35.5. The van der Waals surface area contributed by atoms with Crippen molar-refractivity contribution in [1.82, 2.24) is 15.2 Å². The topological polar surface area (TPSA) is 83.3 Å². The van der Waals surface area contributed by atoms with Crippen molar-refractivity contribution in [3.63, 3.8) is 0 Å². The fourth-order valence-corrected chi connectivity index (χ4v) is 1.77. The van der Waals surface area contributed by atoms with Gasteiger partial charge in [0.05, 0.1) is 0 Å². The summed E-state index contributed by atoms with van der Waals surface area (Å²) in [5, 5.41) is 3.07. The van der Waals surface area contributed by atoms with Gasteiger partial charge in [0.15, 0.2) is 0 Å². The van der Waals surface area contributed by atoms with Crippen molar-refractivity contribution in [2.45, 2.75) is 12.8 Å². The molecule has 6 nitrogen and oxygen atoms in total. The first-order valence-electron chi connectivity index (χ1n) is 6.10. The summed E-state index contributed by atoms with van der Waals surface area (Å²) in [6, 6.07) is 3.07. The summed E-state index contributed by atoms with van der Waals surface area (Å²) >= 11 is 5.80. The number of amides is 1. The van der Waals surface area contributed by atoms with Crippen molar-refractivity contribution in [2.24, 2.45) is 5.84 Å². The average molecular weight is 286 g/mol. The molecule has 0 bridgehead atoms. The van der Waals surface area contributed by atoms with Crippen LogP contribution in [0.2, 0.25) is 5.15 Å². The van der Waals surface area contributed by atoms with Crippen LogP contribution >= 0.6 is 11.6 Å². The Bertz CT molecular complexity index is 425. The van der Waals surface area contributed by atoms with Gasteiger partial charge < -0.3 is 15.6 Å². The van der Waals surface area contributed by atoms with Crippen molar-refractivity contribution in [3.05, 3.63) is 22.8 Å². The average Bonchev–Trinajstić information content (AvgIpc) is 2.36. The van der Waals surface area contributed by atoms with E-state index in [-0.39, 0.29) is 11.1 Å². The maximum absolute atomic E-state index is 11.9. The Morgan fingerprint density at radius 1 is 1.42 bits per heavy atom. The molecule has 7 heteroatoms. The van der Waals surface area contributed by atoms with Gasteiger partial charge in [-0.15, -0.1) is 0 Å². The third kappa shape index (κ3) is 5.87. The lowest BCUT2D eigenvalue weighted by Crippen LogP contribution is -2.25. The molecule has 0 aliphatic rings. The largest absolute Gasteiger partial charge is 0.352 e. The number of carbonyl (C=O) groups is 1. The van der Waals surface area contributed by atoms with E-state index in [1.807, 2.05) is 14.1 Å². The molecule has 1 amide bonds. The number of hydrogen-bond acceptors (Lipinski definition) is 5. The number of pyridine rings is 1. The van der Waals surface area contributed by atoms with Gasteiger partial charge in [0.1, 0.15) is 11.0 Å². The van der Waals surface area contributed by atoms with Gasteiger partial charge in [-0.2, -0.15) is 0 Å². The maximum Gasteiger partial charge on any atom is 0.251 e. The first-order chi connectivity index (χ1) is 9.02. The number of anilines is 1. The fraction of sp³-hybridized carbons (Fsp3) is 0.500. The van der Waals surface area contributed by atoms with E-state index in [9.17, 15) is 4.79 Å². The highest BCUT2D eigenvalue weighted by Gasteiger charge is 2.08. The van der Waals surface area contributed by atoms with Crippen LogP contribution in [0, 0.1) is 0 Å². The second-order valence-corrected chi connectivity index (χ2v) is 4.86. The molecule has 1 aromatic heterocycles. The molecule has 1 heterocycles. The highest BCUT2D eigenvalue weighted by Crippen LogP contribution is 2.13. The van der Waals surface area contributed by atoms with E-state index < -0.39 is 0 Å². The van der Waals surface area contributed by atoms with E-state index >= 15 is 0 Å². The van der Waals surface area contributed by atoms with Crippen LogP contribution in [0.1, 0.15) is 23.2 Å². The molecule has 0 aliphatic carbocycles. The van der Waals surface area contributed by atoms with E-state index in [0.717, 1.165) is 19.4 Å².